The summed E-state index contributed by atoms with van der Waals surface area (Å²) in [6.07, 6.45) is 1.51. The molecule has 0 radical (unpaired) electrons. The number of hydrogen-bond acceptors (Lipinski definition) is 11. The Labute approximate surface area is 201 Å². The highest BCUT2D eigenvalue weighted by Crippen LogP contribution is 2.37. The molecule has 12 heteroatoms. The van der Waals surface area contributed by atoms with Gasteiger partial charge in [0.1, 0.15) is 16.3 Å². The number of fused-ring (bicyclic) bond motifs is 1. The number of anilines is 1. The topological polar surface area (TPSA) is 126 Å². The molecule has 0 spiro atoms. The van der Waals surface area contributed by atoms with Crippen molar-refractivity contribution in [3.05, 3.63) is 47.5 Å². The van der Waals surface area contributed by atoms with Crippen molar-refractivity contribution in [2.45, 2.75) is 12.1 Å². The van der Waals surface area contributed by atoms with Crippen molar-refractivity contribution in [1.29, 1.82) is 0 Å². The number of thioether (sulfide) groups is 1. The maximum atomic E-state index is 12.6. The van der Waals surface area contributed by atoms with Crippen LogP contribution < -0.4 is 14.8 Å². The molecule has 1 N–H and O–H groups in total. The summed E-state index contributed by atoms with van der Waals surface area (Å²) in [5, 5.41) is 13.1. The highest BCUT2D eigenvalue weighted by molar-refractivity contribution is 7.99. The molecule has 1 amide bonds. The fraction of sp³-hybridized carbons (Fsp3) is 0.182. The van der Waals surface area contributed by atoms with Gasteiger partial charge in [-0.1, -0.05) is 11.8 Å². The van der Waals surface area contributed by atoms with Gasteiger partial charge < -0.3 is 28.4 Å². The SMILES string of the molecule is CCOC(=O)c1c(-c2ccco2)csc1NC(=O)CSc1nnc(-c2ccc3c(c2)OCO3)o1. The van der Waals surface area contributed by atoms with Gasteiger partial charge in [0.05, 0.1) is 18.6 Å². The van der Waals surface area contributed by atoms with Crippen molar-refractivity contribution in [2.24, 2.45) is 0 Å². The van der Waals surface area contributed by atoms with Gasteiger partial charge >= 0.3 is 5.97 Å². The number of hydrogen-bond donors (Lipinski definition) is 1. The summed E-state index contributed by atoms with van der Waals surface area (Å²) in [7, 11) is 0. The smallest absolute Gasteiger partial charge is 0.341 e. The first kappa shape index (κ1) is 22.0. The molecule has 1 aliphatic rings. The molecule has 4 heterocycles. The van der Waals surface area contributed by atoms with E-state index < -0.39 is 5.97 Å². The lowest BCUT2D eigenvalue weighted by atomic mass is 10.1. The van der Waals surface area contributed by atoms with Crippen molar-refractivity contribution < 1.29 is 32.6 Å². The second kappa shape index (κ2) is 9.61. The molecule has 10 nitrogen and oxygen atoms in total. The number of nitrogens with one attached hydrogen (secondary N) is 1. The van der Waals surface area contributed by atoms with Crippen molar-refractivity contribution in [1.82, 2.24) is 10.2 Å². The number of aromatic nitrogens is 2. The highest BCUT2D eigenvalue weighted by atomic mass is 32.2. The lowest BCUT2D eigenvalue weighted by Gasteiger charge is -2.07. The first-order valence-corrected chi connectivity index (χ1v) is 12.0. The van der Waals surface area contributed by atoms with Crippen LogP contribution in [0.3, 0.4) is 0 Å². The molecule has 0 fully saturated rings. The largest absolute Gasteiger partial charge is 0.464 e. The third-order valence-corrected chi connectivity index (χ3v) is 6.38. The van der Waals surface area contributed by atoms with Gasteiger partial charge in [-0.3, -0.25) is 4.79 Å². The van der Waals surface area contributed by atoms with Crippen molar-refractivity contribution in [3.63, 3.8) is 0 Å². The molecule has 0 saturated heterocycles. The number of esters is 1. The van der Waals surface area contributed by atoms with Crippen LogP contribution in [0, 0.1) is 0 Å². The zero-order chi connectivity index (χ0) is 23.5. The number of benzene rings is 1. The molecular weight excluding hydrogens is 482 g/mol. The van der Waals surface area contributed by atoms with E-state index in [2.05, 4.69) is 15.5 Å². The zero-order valence-corrected chi connectivity index (χ0v) is 19.4. The van der Waals surface area contributed by atoms with E-state index in [9.17, 15) is 9.59 Å². The van der Waals surface area contributed by atoms with Crippen molar-refractivity contribution >= 4 is 40.0 Å². The van der Waals surface area contributed by atoms with E-state index in [4.69, 9.17) is 23.0 Å². The minimum Gasteiger partial charge on any atom is -0.464 e. The van der Waals surface area contributed by atoms with E-state index in [-0.39, 0.29) is 35.8 Å². The normalized spacial score (nSPS) is 12.0. The first-order valence-electron chi connectivity index (χ1n) is 10.1. The fourth-order valence-corrected chi connectivity index (χ4v) is 4.69. The Morgan fingerprint density at radius 2 is 2.09 bits per heavy atom. The number of furan rings is 1. The Hall–Kier alpha value is -3.77. The summed E-state index contributed by atoms with van der Waals surface area (Å²) in [6, 6.07) is 8.76. The summed E-state index contributed by atoms with van der Waals surface area (Å²) in [4.78, 5) is 25.1. The number of carbonyl (C=O) groups excluding carboxylic acids is 2. The molecule has 174 valence electrons. The quantitative estimate of drug-likeness (QED) is 0.269. The van der Waals surface area contributed by atoms with Gasteiger partial charge in [0.2, 0.25) is 18.6 Å². The van der Waals surface area contributed by atoms with Crippen LogP contribution in [0.5, 0.6) is 11.5 Å². The van der Waals surface area contributed by atoms with Crippen LogP contribution in [-0.2, 0) is 9.53 Å². The predicted molar refractivity (Wildman–Crippen MR) is 123 cm³/mol. The first-order chi connectivity index (χ1) is 16.6. The Morgan fingerprint density at radius 3 is 2.91 bits per heavy atom. The minimum atomic E-state index is -0.539. The molecule has 0 bridgehead atoms. The summed E-state index contributed by atoms with van der Waals surface area (Å²) in [5.41, 5.74) is 1.49. The average molecular weight is 500 g/mol. The number of carbonyl (C=O) groups is 2. The maximum Gasteiger partial charge on any atom is 0.341 e. The standard InChI is InChI=1S/C22H17N3O7S2/c1-2-28-21(27)18-13(14-4-3-7-29-14)9-33-20(18)23-17(26)10-34-22-25-24-19(32-22)12-5-6-15-16(8-12)31-11-30-15/h3-9H,2,10-11H2,1H3,(H,23,26). The second-order valence-corrected chi connectivity index (χ2v) is 8.64. The number of rotatable bonds is 8. The van der Waals surface area contributed by atoms with Crippen molar-refractivity contribution in [2.75, 3.05) is 24.5 Å². The van der Waals surface area contributed by atoms with Gasteiger partial charge in [-0.2, -0.15) is 0 Å². The maximum absolute atomic E-state index is 12.6. The molecule has 0 saturated carbocycles. The number of ether oxygens (including phenoxy) is 3. The Morgan fingerprint density at radius 1 is 1.21 bits per heavy atom. The average Bonchev–Trinajstić information content (AvgIpc) is 3.64. The van der Waals surface area contributed by atoms with E-state index in [1.54, 1.807) is 42.6 Å². The van der Waals surface area contributed by atoms with Gasteiger partial charge in [-0.15, -0.1) is 21.5 Å². The Bertz CT molecular complexity index is 1330. The van der Waals surface area contributed by atoms with Gasteiger partial charge in [0.15, 0.2) is 11.5 Å². The van der Waals surface area contributed by atoms with Crippen LogP contribution in [0.1, 0.15) is 17.3 Å². The second-order valence-electron chi connectivity index (χ2n) is 6.83. The molecule has 5 rings (SSSR count). The molecule has 34 heavy (non-hydrogen) atoms. The number of nitrogens with zero attached hydrogens (tertiary/aromatic N) is 2. The number of thiophene rings is 1. The molecule has 3 aromatic heterocycles. The van der Waals surface area contributed by atoms with Crippen LogP contribution in [0.4, 0.5) is 5.00 Å². The highest BCUT2D eigenvalue weighted by Gasteiger charge is 2.24. The molecule has 0 aliphatic carbocycles. The summed E-state index contributed by atoms with van der Waals surface area (Å²) in [5.74, 6) is 1.18. The van der Waals surface area contributed by atoms with E-state index in [0.29, 0.717) is 39.3 Å². The van der Waals surface area contributed by atoms with Crippen LogP contribution in [0.25, 0.3) is 22.8 Å². The van der Waals surface area contributed by atoms with Gasteiger partial charge in [-0.05, 0) is 37.3 Å². The van der Waals surface area contributed by atoms with E-state index in [0.717, 1.165) is 11.8 Å². The van der Waals surface area contributed by atoms with Crippen LogP contribution in [-0.4, -0.2) is 41.2 Å². The summed E-state index contributed by atoms with van der Waals surface area (Å²) >= 11 is 2.29. The number of amides is 1. The summed E-state index contributed by atoms with van der Waals surface area (Å²) in [6.45, 7) is 2.09. The Balaban J connectivity index is 1.25. The third kappa shape index (κ3) is 4.50. The molecular formula is C22H17N3O7S2. The Kier molecular flexibility index (Phi) is 6.23. The van der Waals surface area contributed by atoms with Gasteiger partial charge in [0, 0.05) is 16.5 Å². The monoisotopic (exact) mass is 499 g/mol. The van der Waals surface area contributed by atoms with Crippen molar-refractivity contribution in [3.8, 4) is 34.3 Å². The molecule has 4 aromatic rings. The molecule has 1 aromatic carbocycles. The lowest BCUT2D eigenvalue weighted by Crippen LogP contribution is -2.16. The van der Waals surface area contributed by atoms with Crippen LogP contribution in [0.15, 0.2) is 56.0 Å². The third-order valence-electron chi connectivity index (χ3n) is 4.66. The predicted octanol–water partition coefficient (Wildman–Crippen LogP) is 4.69. The van der Waals surface area contributed by atoms with E-state index in [1.165, 1.54) is 17.6 Å². The van der Waals surface area contributed by atoms with E-state index >= 15 is 0 Å². The molecule has 1 aliphatic heterocycles. The van der Waals surface area contributed by atoms with Gasteiger partial charge in [0.25, 0.3) is 5.22 Å². The fourth-order valence-electron chi connectivity index (χ4n) is 3.17. The van der Waals surface area contributed by atoms with Gasteiger partial charge in [-0.25, -0.2) is 4.79 Å². The van der Waals surface area contributed by atoms with Crippen LogP contribution >= 0.6 is 23.1 Å². The molecule has 0 atom stereocenters. The van der Waals surface area contributed by atoms with Crippen LogP contribution in [0.2, 0.25) is 0 Å². The lowest BCUT2D eigenvalue weighted by molar-refractivity contribution is -0.113. The minimum absolute atomic E-state index is 0.000969. The zero-order valence-electron chi connectivity index (χ0n) is 17.7. The molecule has 0 unspecified atom stereocenters. The summed E-state index contributed by atoms with van der Waals surface area (Å²) < 4.78 is 26.9. The van der Waals surface area contributed by atoms with E-state index in [1.807, 2.05) is 0 Å².